The van der Waals surface area contributed by atoms with Crippen LogP contribution in [0.4, 0.5) is 0 Å². The number of carbonyl (C=O) groups excluding carboxylic acids is 1. The Bertz CT molecular complexity index is 1110. The second-order valence-corrected chi connectivity index (χ2v) is 17.0. The molecule has 1 aliphatic rings. The van der Waals surface area contributed by atoms with Gasteiger partial charge in [0.25, 0.3) is 0 Å². The third-order valence-electron chi connectivity index (χ3n) is 7.92. The van der Waals surface area contributed by atoms with E-state index in [1.54, 1.807) is 14.2 Å². The summed E-state index contributed by atoms with van der Waals surface area (Å²) in [4.78, 5) is 11.8. The molecule has 0 N–H and O–H groups in total. The Labute approximate surface area is 252 Å². The van der Waals surface area contributed by atoms with E-state index < -0.39 is 38.9 Å². The number of hydrogen-bond acceptors (Lipinski definition) is 8. The number of hydrogen-bond donors (Lipinski definition) is 0. The normalized spacial score (nSPS) is 22.0. The van der Waals surface area contributed by atoms with Crippen molar-refractivity contribution in [2.24, 2.45) is 0 Å². The Hall–Kier alpha value is -2.69. The maximum Gasteiger partial charge on any atom is 0.307 e. The summed E-state index contributed by atoms with van der Waals surface area (Å²) in [6, 6.07) is 17.6. The first-order chi connectivity index (χ1) is 20.0. The summed E-state index contributed by atoms with van der Waals surface area (Å²) < 4.78 is 43.3. The van der Waals surface area contributed by atoms with Gasteiger partial charge in [0.05, 0.1) is 20.3 Å². The summed E-state index contributed by atoms with van der Waals surface area (Å²) in [7, 11) is 0.737. The SMILES string of the molecule is COc1ccc(CO[C@@H]2/C(=C/OC(C)=O)O[C@H](OC)[C@H](OCc3ccccc3)[C@H]2O[Si](C(C)C)(C(C)C)C(C)C)cc1. The summed E-state index contributed by atoms with van der Waals surface area (Å²) >= 11 is 0. The third kappa shape index (κ3) is 8.23. The standard InChI is InChI=1S/C33H48O8Si/c1-22(2)42(23(3)4,24(5)6)41-31-30(38-20-27-15-17-28(35-8)18-16-27)29(21-37-25(7)34)40-33(36-9)32(31)39-19-26-13-11-10-12-14-26/h10-18,21-24,30-33H,19-20H2,1-9H3/b29-21-/t30-,31+,32-,33+/m1/s1. The van der Waals surface area contributed by atoms with Crippen LogP contribution in [0.1, 0.15) is 59.6 Å². The number of methoxy groups -OCH3 is 2. The van der Waals surface area contributed by atoms with Crippen LogP contribution in [0.2, 0.25) is 16.6 Å². The monoisotopic (exact) mass is 600 g/mol. The number of benzene rings is 2. The van der Waals surface area contributed by atoms with Gasteiger partial charge < -0.3 is 32.8 Å². The van der Waals surface area contributed by atoms with Crippen LogP contribution in [0.5, 0.6) is 5.75 Å². The lowest BCUT2D eigenvalue weighted by atomic mass is 10.0. The highest BCUT2D eigenvalue weighted by molar-refractivity contribution is 6.77. The topological polar surface area (TPSA) is 81.7 Å². The van der Waals surface area contributed by atoms with Gasteiger partial charge in [-0.1, -0.05) is 84.0 Å². The lowest BCUT2D eigenvalue weighted by Crippen LogP contribution is -2.61. The predicted octanol–water partition coefficient (Wildman–Crippen LogP) is 7.13. The molecular formula is C33H48O8Si. The first kappa shape index (κ1) is 33.8. The van der Waals surface area contributed by atoms with Crippen LogP contribution in [0.15, 0.2) is 66.6 Å². The molecule has 8 nitrogen and oxygen atoms in total. The van der Waals surface area contributed by atoms with Crippen LogP contribution in [0, 0.1) is 0 Å². The molecule has 0 amide bonds. The van der Waals surface area contributed by atoms with Gasteiger partial charge >= 0.3 is 5.97 Å². The summed E-state index contributed by atoms with van der Waals surface area (Å²) in [5, 5.41) is 0. The fraction of sp³-hybridized carbons (Fsp3) is 0.545. The Morgan fingerprint density at radius 2 is 1.40 bits per heavy atom. The molecule has 0 aromatic heterocycles. The summed E-state index contributed by atoms with van der Waals surface area (Å²) in [6.07, 6.45) is -1.48. The van der Waals surface area contributed by atoms with E-state index in [2.05, 4.69) is 41.5 Å². The second kappa shape index (κ2) is 15.7. The summed E-state index contributed by atoms with van der Waals surface area (Å²) in [6.45, 7) is 15.4. The molecule has 232 valence electrons. The molecule has 0 radical (unpaired) electrons. The number of esters is 1. The minimum atomic E-state index is -2.47. The van der Waals surface area contributed by atoms with E-state index in [1.807, 2.05) is 54.6 Å². The van der Waals surface area contributed by atoms with Crippen molar-refractivity contribution in [2.45, 2.75) is 103 Å². The van der Waals surface area contributed by atoms with Gasteiger partial charge in [-0.25, -0.2) is 0 Å². The fourth-order valence-corrected chi connectivity index (χ4v) is 11.5. The molecule has 1 saturated heterocycles. The largest absolute Gasteiger partial charge is 0.497 e. The Kier molecular flexibility index (Phi) is 12.6. The van der Waals surface area contributed by atoms with Crippen molar-refractivity contribution in [3.63, 3.8) is 0 Å². The van der Waals surface area contributed by atoms with Crippen LogP contribution in [0.25, 0.3) is 0 Å². The molecule has 2 aromatic carbocycles. The first-order valence-corrected chi connectivity index (χ1v) is 16.8. The molecule has 0 unspecified atom stereocenters. The van der Waals surface area contributed by atoms with Crippen molar-refractivity contribution in [2.75, 3.05) is 14.2 Å². The molecule has 0 aliphatic carbocycles. The Balaban J connectivity index is 2.09. The molecule has 1 aliphatic heterocycles. The van der Waals surface area contributed by atoms with Gasteiger partial charge in [-0.2, -0.15) is 0 Å². The van der Waals surface area contributed by atoms with Crippen LogP contribution >= 0.6 is 0 Å². The number of carbonyl (C=O) groups is 1. The van der Waals surface area contributed by atoms with Crippen molar-refractivity contribution in [3.05, 3.63) is 77.7 Å². The summed E-state index contributed by atoms with van der Waals surface area (Å²) in [5.74, 6) is 0.605. The molecule has 3 rings (SSSR count). The highest BCUT2D eigenvalue weighted by Crippen LogP contribution is 2.46. The minimum absolute atomic E-state index is 0.262. The lowest BCUT2D eigenvalue weighted by Gasteiger charge is -2.50. The molecular weight excluding hydrogens is 552 g/mol. The van der Waals surface area contributed by atoms with E-state index in [0.717, 1.165) is 16.9 Å². The van der Waals surface area contributed by atoms with Gasteiger partial charge in [0, 0.05) is 14.0 Å². The van der Waals surface area contributed by atoms with Crippen molar-refractivity contribution >= 4 is 14.3 Å². The first-order valence-electron chi connectivity index (χ1n) is 14.7. The Morgan fingerprint density at radius 3 is 1.93 bits per heavy atom. The van der Waals surface area contributed by atoms with Gasteiger partial charge in [-0.05, 0) is 39.9 Å². The average Bonchev–Trinajstić information content (AvgIpc) is 2.97. The van der Waals surface area contributed by atoms with E-state index in [-0.39, 0.29) is 6.61 Å². The maximum atomic E-state index is 11.8. The number of ether oxygens (including phenoxy) is 6. The van der Waals surface area contributed by atoms with Crippen molar-refractivity contribution in [1.29, 1.82) is 0 Å². The molecule has 1 heterocycles. The van der Waals surface area contributed by atoms with E-state index >= 15 is 0 Å². The molecule has 4 atom stereocenters. The van der Waals surface area contributed by atoms with Gasteiger partial charge in [0.15, 0.2) is 5.76 Å². The molecule has 0 saturated carbocycles. The fourth-order valence-electron chi connectivity index (χ4n) is 5.97. The van der Waals surface area contributed by atoms with Crippen molar-refractivity contribution in [3.8, 4) is 5.75 Å². The zero-order valence-corrected chi connectivity index (χ0v) is 27.5. The van der Waals surface area contributed by atoms with Crippen molar-refractivity contribution in [1.82, 2.24) is 0 Å². The maximum absolute atomic E-state index is 11.8. The van der Waals surface area contributed by atoms with Gasteiger partial charge in [0.2, 0.25) is 14.6 Å². The Morgan fingerprint density at radius 1 is 0.833 bits per heavy atom. The molecule has 2 aromatic rings. The van der Waals surface area contributed by atoms with E-state index in [4.69, 9.17) is 32.8 Å². The second-order valence-electron chi connectivity index (χ2n) is 11.6. The van der Waals surface area contributed by atoms with Crippen LogP contribution in [-0.2, 0) is 46.1 Å². The molecule has 42 heavy (non-hydrogen) atoms. The summed E-state index contributed by atoms with van der Waals surface area (Å²) in [5.41, 5.74) is 2.87. The third-order valence-corrected chi connectivity index (χ3v) is 14.0. The highest BCUT2D eigenvalue weighted by Gasteiger charge is 2.54. The van der Waals surface area contributed by atoms with Gasteiger partial charge in [-0.15, -0.1) is 0 Å². The van der Waals surface area contributed by atoms with Crippen LogP contribution in [0.3, 0.4) is 0 Å². The minimum Gasteiger partial charge on any atom is -0.497 e. The molecule has 1 fully saturated rings. The van der Waals surface area contributed by atoms with Gasteiger partial charge in [0.1, 0.15) is 30.3 Å². The smallest absolute Gasteiger partial charge is 0.307 e. The number of rotatable bonds is 14. The lowest BCUT2D eigenvalue weighted by molar-refractivity contribution is -0.258. The van der Waals surface area contributed by atoms with Crippen LogP contribution < -0.4 is 4.74 Å². The zero-order chi connectivity index (χ0) is 30.9. The zero-order valence-electron chi connectivity index (χ0n) is 26.5. The van der Waals surface area contributed by atoms with Crippen LogP contribution in [-0.4, -0.2) is 53.1 Å². The quantitative estimate of drug-likeness (QED) is 0.129. The van der Waals surface area contributed by atoms with Crippen molar-refractivity contribution < 1.29 is 37.6 Å². The predicted molar refractivity (Wildman–Crippen MR) is 164 cm³/mol. The van der Waals surface area contributed by atoms with E-state index in [0.29, 0.717) is 29.0 Å². The molecule has 9 heteroatoms. The highest BCUT2D eigenvalue weighted by atomic mass is 28.4. The molecule has 0 spiro atoms. The average molecular weight is 601 g/mol. The molecule has 0 bridgehead atoms. The van der Waals surface area contributed by atoms with E-state index in [1.165, 1.54) is 13.2 Å². The van der Waals surface area contributed by atoms with E-state index in [9.17, 15) is 4.79 Å². The van der Waals surface area contributed by atoms with Gasteiger partial charge in [-0.3, -0.25) is 4.79 Å².